The molecular weight excluding hydrogens is 304 g/mol. The van der Waals surface area contributed by atoms with E-state index in [1.807, 2.05) is 0 Å². The average molecular weight is 321 g/mol. The van der Waals surface area contributed by atoms with Crippen LogP contribution in [0.2, 0.25) is 0 Å². The summed E-state index contributed by atoms with van der Waals surface area (Å²) < 4.78 is 5.50. The number of rotatable bonds is 1. The average Bonchev–Trinajstić information content (AvgIpc) is 2.85. The molecule has 2 atom stereocenters. The molecule has 0 aromatic carbocycles. The monoisotopic (exact) mass is 320 g/mol. The number of carbonyl (C=O) groups is 1. The van der Waals surface area contributed by atoms with Crippen LogP contribution < -0.4 is 5.32 Å². The van der Waals surface area contributed by atoms with Crippen LogP contribution in [-0.4, -0.2) is 29.9 Å². The van der Waals surface area contributed by atoms with Crippen molar-refractivity contribution in [2.45, 2.75) is 12.8 Å². The normalized spacial score (nSPS) is 28.5. The van der Waals surface area contributed by atoms with Crippen LogP contribution in [0.25, 0.3) is 0 Å². The van der Waals surface area contributed by atoms with Crippen LogP contribution in [0.4, 0.5) is 0 Å². The number of halogens is 1. The second-order valence-corrected chi connectivity index (χ2v) is 5.80. The van der Waals surface area contributed by atoms with E-state index in [1.165, 1.54) is 5.70 Å². The van der Waals surface area contributed by atoms with Crippen LogP contribution in [0.15, 0.2) is 52.1 Å². The van der Waals surface area contributed by atoms with Gasteiger partial charge in [-0.05, 0) is 30.6 Å². The van der Waals surface area contributed by atoms with Gasteiger partial charge in [-0.2, -0.15) is 0 Å². The molecule has 1 aliphatic carbocycles. The molecule has 0 aromatic heterocycles. The van der Waals surface area contributed by atoms with Crippen LogP contribution in [0.5, 0.6) is 0 Å². The summed E-state index contributed by atoms with van der Waals surface area (Å²) in [4.78, 5) is 15.7. The number of fused-ring (bicyclic) bond motifs is 4. The van der Waals surface area contributed by atoms with Crippen LogP contribution in [-0.2, 0) is 9.53 Å². The lowest BCUT2D eigenvalue weighted by molar-refractivity contribution is -0.132. The fraction of sp³-hybridized carbons (Fsp3) is 0.375. The van der Waals surface area contributed by atoms with Crippen molar-refractivity contribution in [2.24, 2.45) is 16.8 Å². The number of hydrogen-bond donors (Lipinski definition) is 2. The van der Waals surface area contributed by atoms with Gasteiger partial charge in [-0.25, -0.2) is 4.79 Å². The SMILES string of the molecule is Cl.O=C(O)C1=CC2=COC=C3C=C4NCCC4CC3C2=NC1. The van der Waals surface area contributed by atoms with Gasteiger partial charge in [0.15, 0.2) is 0 Å². The van der Waals surface area contributed by atoms with Crippen molar-refractivity contribution >= 4 is 24.1 Å². The lowest BCUT2D eigenvalue weighted by atomic mass is 9.77. The number of dihydropyridines is 1. The molecule has 0 bridgehead atoms. The molecule has 3 heterocycles. The summed E-state index contributed by atoms with van der Waals surface area (Å²) in [6.45, 7) is 1.26. The van der Waals surface area contributed by atoms with Crippen LogP contribution in [0.1, 0.15) is 12.8 Å². The highest BCUT2D eigenvalue weighted by molar-refractivity contribution is 6.09. The quantitative estimate of drug-likeness (QED) is 0.777. The third-order valence-electron chi connectivity index (χ3n) is 4.56. The maximum absolute atomic E-state index is 11.1. The van der Waals surface area contributed by atoms with Gasteiger partial charge in [0.25, 0.3) is 0 Å². The topological polar surface area (TPSA) is 70.9 Å². The zero-order valence-electron chi connectivity index (χ0n) is 11.9. The summed E-state index contributed by atoms with van der Waals surface area (Å²) in [7, 11) is 0. The molecule has 0 spiro atoms. The standard InChI is InChI=1S/C16H16N2O3.ClH/c19-16(20)10-3-12-8-21-7-11-5-14-9(1-2-17-14)4-13(11)15(12)18-6-10;/h3,5,7-9,13,17H,1-2,4,6H2,(H,19,20);1H. The van der Waals surface area contributed by atoms with Crippen molar-refractivity contribution in [3.63, 3.8) is 0 Å². The Morgan fingerprint density at radius 3 is 3.05 bits per heavy atom. The van der Waals surface area contributed by atoms with Gasteiger partial charge >= 0.3 is 5.97 Å². The summed E-state index contributed by atoms with van der Waals surface area (Å²) in [6.07, 6.45) is 9.39. The first-order valence-corrected chi connectivity index (χ1v) is 7.22. The minimum atomic E-state index is -0.915. The van der Waals surface area contributed by atoms with Gasteiger partial charge in [-0.1, -0.05) is 0 Å². The van der Waals surface area contributed by atoms with E-state index in [9.17, 15) is 4.79 Å². The van der Waals surface area contributed by atoms with Crippen LogP contribution >= 0.6 is 12.4 Å². The Bertz CT molecular complexity index is 673. The molecule has 2 N–H and O–H groups in total. The Morgan fingerprint density at radius 1 is 1.36 bits per heavy atom. The van der Waals surface area contributed by atoms with Crippen LogP contribution in [0.3, 0.4) is 0 Å². The molecule has 1 saturated heterocycles. The number of hydrogen-bond acceptors (Lipinski definition) is 4. The van der Waals surface area contributed by atoms with Crippen molar-refractivity contribution in [3.8, 4) is 0 Å². The van der Waals surface area contributed by atoms with E-state index in [4.69, 9.17) is 9.84 Å². The molecular formula is C16H17ClN2O3. The highest BCUT2D eigenvalue weighted by atomic mass is 35.5. The van der Waals surface area contributed by atoms with E-state index in [2.05, 4.69) is 16.4 Å². The number of aliphatic carboxylic acids is 1. The van der Waals surface area contributed by atoms with E-state index >= 15 is 0 Å². The van der Waals surface area contributed by atoms with Crippen molar-refractivity contribution in [1.29, 1.82) is 0 Å². The van der Waals surface area contributed by atoms with E-state index in [-0.39, 0.29) is 24.9 Å². The Hall–Kier alpha value is -2.01. The predicted molar refractivity (Wildman–Crippen MR) is 84.8 cm³/mol. The Kier molecular flexibility index (Phi) is 3.83. The maximum Gasteiger partial charge on any atom is 0.333 e. The maximum atomic E-state index is 11.1. The molecule has 3 aliphatic heterocycles. The van der Waals surface area contributed by atoms with Crippen molar-refractivity contribution < 1.29 is 14.6 Å². The summed E-state index contributed by atoms with van der Waals surface area (Å²) in [6, 6.07) is 0. The first-order valence-electron chi connectivity index (χ1n) is 7.22. The molecule has 0 aromatic rings. The minimum absolute atomic E-state index is 0. The first-order chi connectivity index (χ1) is 10.2. The molecule has 1 fully saturated rings. The third-order valence-corrected chi connectivity index (χ3v) is 4.56. The van der Waals surface area contributed by atoms with E-state index in [0.29, 0.717) is 11.5 Å². The van der Waals surface area contributed by atoms with Gasteiger partial charge < -0.3 is 15.2 Å². The van der Waals surface area contributed by atoms with Crippen molar-refractivity contribution in [1.82, 2.24) is 5.32 Å². The zero-order valence-corrected chi connectivity index (χ0v) is 12.7. The van der Waals surface area contributed by atoms with E-state index in [1.54, 1.807) is 18.6 Å². The first kappa shape index (κ1) is 14.9. The highest BCUT2D eigenvalue weighted by Crippen LogP contribution is 2.40. The summed E-state index contributed by atoms with van der Waals surface area (Å²) in [5, 5.41) is 12.5. The third kappa shape index (κ3) is 2.35. The van der Waals surface area contributed by atoms with Gasteiger partial charge in [0.2, 0.25) is 0 Å². The summed E-state index contributed by atoms with van der Waals surface area (Å²) in [5.41, 5.74) is 4.48. The van der Waals surface area contributed by atoms with Gasteiger partial charge in [0.1, 0.15) is 0 Å². The van der Waals surface area contributed by atoms with E-state index in [0.717, 1.165) is 36.2 Å². The van der Waals surface area contributed by atoms with Gasteiger partial charge in [0.05, 0.1) is 30.4 Å². The Morgan fingerprint density at radius 2 is 2.23 bits per heavy atom. The number of allylic oxidation sites excluding steroid dienone is 5. The number of nitrogens with one attached hydrogen (secondary N) is 1. The smallest absolute Gasteiger partial charge is 0.333 e. The van der Waals surface area contributed by atoms with E-state index < -0.39 is 5.97 Å². The zero-order chi connectivity index (χ0) is 14.4. The van der Waals surface area contributed by atoms with Gasteiger partial charge in [-0.15, -0.1) is 12.4 Å². The molecule has 116 valence electrons. The minimum Gasteiger partial charge on any atom is -0.478 e. The molecule has 6 heteroatoms. The number of ether oxygens (including phenoxy) is 1. The molecule has 0 radical (unpaired) electrons. The number of aliphatic imine (C=N–C) groups is 1. The van der Waals surface area contributed by atoms with Gasteiger partial charge in [-0.3, -0.25) is 4.99 Å². The number of nitrogens with zero attached hydrogens (tertiary/aromatic N) is 1. The number of carboxylic acids is 1. The lowest BCUT2D eigenvalue weighted by Crippen LogP contribution is -2.27. The fourth-order valence-corrected chi connectivity index (χ4v) is 3.48. The Balaban J connectivity index is 0.00000144. The molecule has 5 nitrogen and oxygen atoms in total. The van der Waals surface area contributed by atoms with Gasteiger partial charge in [0, 0.05) is 29.7 Å². The molecule has 22 heavy (non-hydrogen) atoms. The molecule has 0 amide bonds. The molecule has 4 rings (SSSR count). The Labute approximate surface area is 134 Å². The summed E-state index contributed by atoms with van der Waals surface area (Å²) in [5.74, 6) is -0.153. The van der Waals surface area contributed by atoms with Crippen molar-refractivity contribution in [3.05, 3.63) is 47.1 Å². The lowest BCUT2D eigenvalue weighted by Gasteiger charge is -2.29. The molecule has 0 saturated carbocycles. The van der Waals surface area contributed by atoms with Crippen LogP contribution in [0, 0.1) is 11.8 Å². The molecule has 4 aliphatic rings. The number of carboxylic acid groups (broad SMARTS) is 1. The predicted octanol–water partition coefficient (Wildman–Crippen LogP) is 2.19. The highest BCUT2D eigenvalue weighted by Gasteiger charge is 2.36. The van der Waals surface area contributed by atoms with Crippen molar-refractivity contribution in [2.75, 3.05) is 13.1 Å². The second-order valence-electron chi connectivity index (χ2n) is 5.80. The second kappa shape index (κ2) is 5.65. The fourth-order valence-electron chi connectivity index (χ4n) is 3.48. The summed E-state index contributed by atoms with van der Waals surface area (Å²) >= 11 is 0. The largest absolute Gasteiger partial charge is 0.478 e. The molecule has 2 unspecified atom stereocenters.